The second-order valence-corrected chi connectivity index (χ2v) is 13.8. The Morgan fingerprint density at radius 3 is 1.50 bits per heavy atom. The maximum Gasteiger partial charge on any atom is 0.0629 e. The van der Waals surface area contributed by atoms with E-state index in [-0.39, 0.29) is 45.7 Å². The van der Waals surface area contributed by atoms with Gasteiger partial charge in [0.05, 0.1) is 11.0 Å². The van der Waals surface area contributed by atoms with Crippen molar-refractivity contribution < 1.29 is 11.0 Å². The van der Waals surface area contributed by atoms with Gasteiger partial charge in [-0.3, -0.25) is 0 Å². The number of rotatable bonds is 4. The summed E-state index contributed by atoms with van der Waals surface area (Å²) >= 11 is 0. The molecule has 0 spiro atoms. The summed E-state index contributed by atoms with van der Waals surface area (Å²) in [5, 5.41) is 9.77. The molecule has 0 fully saturated rings. The predicted molar refractivity (Wildman–Crippen MR) is 233 cm³/mol. The van der Waals surface area contributed by atoms with E-state index in [1.807, 2.05) is 84.9 Å². The zero-order valence-electron chi connectivity index (χ0n) is 37.0. The smallest absolute Gasteiger partial charge is 0.0616 e. The Bertz CT molecular complexity index is 3640. The topological polar surface area (TPSA) is 0 Å². The van der Waals surface area contributed by atoms with Crippen molar-refractivity contribution in [2.24, 2.45) is 0 Å². The molecule has 0 atom stereocenters. The summed E-state index contributed by atoms with van der Waals surface area (Å²) in [5.41, 5.74) is 5.52. The first-order valence-corrected chi connectivity index (χ1v) is 18.1. The van der Waals surface area contributed by atoms with Crippen molar-refractivity contribution in [3.63, 3.8) is 0 Å². The number of fused-ring (bicyclic) bond motifs is 8. The van der Waals surface area contributed by atoms with Crippen molar-refractivity contribution in [2.45, 2.75) is 0 Å². The van der Waals surface area contributed by atoms with Crippen LogP contribution < -0.4 is 0 Å². The van der Waals surface area contributed by atoms with E-state index >= 15 is 0 Å². The first-order valence-electron chi connectivity index (χ1n) is 22.1. The van der Waals surface area contributed by atoms with Crippen LogP contribution in [0.2, 0.25) is 0 Å². The lowest BCUT2D eigenvalue weighted by atomic mass is 9.85. The van der Waals surface area contributed by atoms with Gasteiger partial charge in [0.25, 0.3) is 0 Å². The summed E-state index contributed by atoms with van der Waals surface area (Å²) in [6, 6.07) is 50.1. The maximum absolute atomic E-state index is 9.44. The van der Waals surface area contributed by atoms with E-state index in [0.29, 0.717) is 22.3 Å². The highest BCUT2D eigenvalue weighted by molar-refractivity contribution is 6.24. The van der Waals surface area contributed by atoms with Gasteiger partial charge in [-0.05, 0) is 127 Å². The zero-order chi connectivity index (χ0) is 42.6. The molecule has 0 aromatic heterocycles. The molecule has 0 radical (unpaired) electrons. The maximum atomic E-state index is 9.44. The fourth-order valence-corrected chi connectivity index (χ4v) is 8.36. The molecule has 11 rings (SSSR count). The quantitative estimate of drug-likeness (QED) is 0.127. The molecule has 0 heteroatoms. The zero-order valence-corrected chi connectivity index (χ0v) is 29.0. The fraction of sp³-hybridized carbons (Fsp3) is 0. The number of benzene rings is 11. The van der Waals surface area contributed by atoms with Gasteiger partial charge in [0.2, 0.25) is 0 Å². The molecular formula is C54H34. The predicted octanol–water partition coefficient (Wildman–Crippen LogP) is 15.3. The molecule has 11 aromatic rings. The summed E-state index contributed by atoms with van der Waals surface area (Å²) in [7, 11) is 0. The Morgan fingerprint density at radius 2 is 0.778 bits per heavy atom. The molecule has 11 aromatic carbocycles. The molecule has 0 N–H and O–H groups in total. The van der Waals surface area contributed by atoms with Crippen LogP contribution in [0.3, 0.4) is 0 Å². The summed E-state index contributed by atoms with van der Waals surface area (Å²) in [4.78, 5) is 0. The summed E-state index contributed by atoms with van der Waals surface area (Å²) in [6.07, 6.45) is 0. The molecule has 0 unspecified atom stereocenters. The van der Waals surface area contributed by atoms with Crippen LogP contribution >= 0.6 is 0 Å². The molecule has 0 amide bonds. The van der Waals surface area contributed by atoms with E-state index in [1.54, 1.807) is 0 Å². The molecule has 0 aliphatic rings. The minimum atomic E-state index is -0.424. The third-order valence-corrected chi connectivity index (χ3v) is 10.8. The molecule has 0 heterocycles. The van der Waals surface area contributed by atoms with Crippen LogP contribution in [0.1, 0.15) is 11.0 Å². The molecule has 0 aliphatic carbocycles. The van der Waals surface area contributed by atoms with E-state index in [1.165, 1.54) is 16.2 Å². The second-order valence-electron chi connectivity index (χ2n) is 13.8. The lowest BCUT2D eigenvalue weighted by molar-refractivity contribution is 1.62. The lowest BCUT2D eigenvalue weighted by Gasteiger charge is -2.18. The van der Waals surface area contributed by atoms with Crippen LogP contribution in [0.25, 0.3) is 109 Å². The van der Waals surface area contributed by atoms with Crippen molar-refractivity contribution >= 4 is 64.6 Å². The molecular weight excluding hydrogens is 649 g/mol. The number of hydrogen-bond donors (Lipinski definition) is 0. The van der Waals surface area contributed by atoms with Gasteiger partial charge in [0, 0.05) is 0 Å². The van der Waals surface area contributed by atoms with Crippen LogP contribution in [-0.4, -0.2) is 0 Å². The minimum Gasteiger partial charge on any atom is -0.0616 e. The second kappa shape index (κ2) is 12.3. The first kappa shape index (κ1) is 23.5. The largest absolute Gasteiger partial charge is 0.0629 e. The van der Waals surface area contributed by atoms with Gasteiger partial charge in [0.1, 0.15) is 0 Å². The normalized spacial score (nSPS) is 13.8. The fourth-order valence-electron chi connectivity index (χ4n) is 8.36. The summed E-state index contributed by atoms with van der Waals surface area (Å²) in [6.45, 7) is 0. The van der Waals surface area contributed by atoms with E-state index in [2.05, 4.69) is 72.8 Å². The summed E-state index contributed by atoms with van der Waals surface area (Å²) in [5.74, 6) is 0. The van der Waals surface area contributed by atoms with E-state index in [0.717, 1.165) is 49.2 Å². The highest BCUT2D eigenvalue weighted by Crippen LogP contribution is 2.45. The number of hydrogen-bond acceptors (Lipinski definition) is 0. The van der Waals surface area contributed by atoms with Crippen molar-refractivity contribution in [1.29, 1.82) is 0 Å². The van der Waals surface area contributed by atoms with Crippen LogP contribution in [0.15, 0.2) is 206 Å². The molecule has 0 aliphatic heterocycles. The van der Waals surface area contributed by atoms with Crippen molar-refractivity contribution in [3.8, 4) is 44.5 Å². The monoisotopic (exact) mass is 690 g/mol. The minimum absolute atomic E-state index is 0.190. The SMILES string of the molecule is [2H]c1c([2H])c([2H])c2c(-c3cccc(-c4ccc5ccccc5c4)c3)c3c([2H])c([2H])c([2H])c([2H])c3c(-c3ccc(-c4cc5ccc6ccccc6c5c5ccccc45)cc3)c2c1[2H]. The molecule has 0 bridgehead atoms. The van der Waals surface area contributed by atoms with Gasteiger partial charge < -0.3 is 0 Å². The van der Waals surface area contributed by atoms with Gasteiger partial charge in [-0.25, -0.2) is 0 Å². The average Bonchev–Trinajstić information content (AvgIpc) is 3.32. The average molecular weight is 691 g/mol. The lowest BCUT2D eigenvalue weighted by Crippen LogP contribution is -1.91. The van der Waals surface area contributed by atoms with Crippen molar-refractivity contribution in [1.82, 2.24) is 0 Å². The first-order chi connectivity index (χ1) is 30.1. The van der Waals surface area contributed by atoms with Gasteiger partial charge in [0.15, 0.2) is 0 Å². The van der Waals surface area contributed by atoms with Crippen molar-refractivity contribution in [3.05, 3.63) is 206 Å². The van der Waals surface area contributed by atoms with E-state index < -0.39 is 24.2 Å². The molecule has 0 saturated carbocycles. The van der Waals surface area contributed by atoms with E-state index in [9.17, 15) is 5.48 Å². The van der Waals surface area contributed by atoms with Crippen LogP contribution in [-0.2, 0) is 0 Å². The Labute approximate surface area is 325 Å². The molecule has 0 nitrogen and oxygen atoms in total. The molecule has 0 saturated heterocycles. The van der Waals surface area contributed by atoms with Crippen LogP contribution in [0, 0.1) is 0 Å². The van der Waals surface area contributed by atoms with Gasteiger partial charge in [-0.1, -0.05) is 188 Å². The summed E-state index contributed by atoms with van der Waals surface area (Å²) < 4.78 is 73.3. The molecule has 54 heavy (non-hydrogen) atoms. The van der Waals surface area contributed by atoms with Gasteiger partial charge in [-0.2, -0.15) is 0 Å². The van der Waals surface area contributed by atoms with Crippen molar-refractivity contribution in [2.75, 3.05) is 0 Å². The third-order valence-electron chi connectivity index (χ3n) is 10.8. The van der Waals surface area contributed by atoms with E-state index in [4.69, 9.17) is 5.48 Å². The highest BCUT2D eigenvalue weighted by Gasteiger charge is 2.18. The Balaban J connectivity index is 1.19. The third kappa shape index (κ3) is 4.85. The Morgan fingerprint density at radius 1 is 0.278 bits per heavy atom. The highest BCUT2D eigenvalue weighted by atomic mass is 14.2. The Hall–Kier alpha value is -7.02. The van der Waals surface area contributed by atoms with Crippen LogP contribution in [0.4, 0.5) is 0 Å². The van der Waals surface area contributed by atoms with Crippen LogP contribution in [0.5, 0.6) is 0 Å². The Kier molecular flexibility index (Phi) is 5.36. The molecule has 250 valence electrons. The van der Waals surface area contributed by atoms with Gasteiger partial charge in [-0.15, -0.1) is 0 Å². The standard InChI is InChI=1S/C54H34/c1-2-14-39-32-41(30-24-35(39)12-1)40-15-11-16-42(33-40)54-49-22-9-7-20-47(49)52(48-21-8-10-23-50(48)54)38-28-25-37(26-29-38)51-34-43-31-27-36-13-3-4-17-44(36)53(43)46-19-6-5-18-45(46)51/h1-34H/i7D,8D,9D,10D,20D,21D,22D,23D. The van der Waals surface area contributed by atoms with Gasteiger partial charge >= 0.3 is 0 Å².